The summed E-state index contributed by atoms with van der Waals surface area (Å²) < 4.78 is 13.9. The lowest BCUT2D eigenvalue weighted by atomic mass is 10.1. The van der Waals surface area contributed by atoms with Crippen molar-refractivity contribution in [2.24, 2.45) is 0 Å². The standard InChI is InChI=1S/C21H20BrFN2O3/c22-17-5-1-15(2-6-17)19(26)9-10-20(27)24-11-13-25(14-12-24)21(28)16-3-7-18(23)8-4-16/h1-8H,9-14H2. The van der Waals surface area contributed by atoms with E-state index in [0.29, 0.717) is 37.3 Å². The summed E-state index contributed by atoms with van der Waals surface area (Å²) in [5.74, 6) is -0.701. The zero-order chi connectivity index (χ0) is 20.1. The molecule has 0 radical (unpaired) electrons. The summed E-state index contributed by atoms with van der Waals surface area (Å²) >= 11 is 3.33. The number of carbonyl (C=O) groups excluding carboxylic acids is 3. The van der Waals surface area contributed by atoms with Gasteiger partial charge in [-0.25, -0.2) is 4.39 Å². The number of ketones is 1. The van der Waals surface area contributed by atoms with Gasteiger partial charge in [-0.05, 0) is 36.4 Å². The normalized spacial score (nSPS) is 14.1. The molecular formula is C21H20BrFN2O3. The highest BCUT2D eigenvalue weighted by molar-refractivity contribution is 9.10. The van der Waals surface area contributed by atoms with E-state index in [2.05, 4.69) is 15.9 Å². The fourth-order valence-corrected chi connectivity index (χ4v) is 3.36. The number of hydrogen-bond acceptors (Lipinski definition) is 3. The largest absolute Gasteiger partial charge is 0.339 e. The Kier molecular flexibility index (Phi) is 6.57. The molecule has 0 bridgehead atoms. The van der Waals surface area contributed by atoms with Gasteiger partial charge in [-0.2, -0.15) is 0 Å². The predicted octanol–water partition coefficient (Wildman–Crippen LogP) is 3.54. The Morgan fingerprint density at radius 1 is 0.786 bits per heavy atom. The molecule has 2 aromatic carbocycles. The molecule has 1 fully saturated rings. The summed E-state index contributed by atoms with van der Waals surface area (Å²) in [5.41, 5.74) is 1.02. The summed E-state index contributed by atoms with van der Waals surface area (Å²) in [4.78, 5) is 40.4. The van der Waals surface area contributed by atoms with Crippen LogP contribution in [0.4, 0.5) is 4.39 Å². The molecule has 7 heteroatoms. The molecule has 146 valence electrons. The fourth-order valence-electron chi connectivity index (χ4n) is 3.09. The third-order valence-electron chi connectivity index (χ3n) is 4.74. The lowest BCUT2D eigenvalue weighted by Crippen LogP contribution is -2.50. The predicted molar refractivity (Wildman–Crippen MR) is 107 cm³/mol. The number of nitrogens with zero attached hydrogens (tertiary/aromatic N) is 2. The molecule has 1 aliphatic heterocycles. The van der Waals surface area contributed by atoms with Gasteiger partial charge in [-0.15, -0.1) is 0 Å². The summed E-state index contributed by atoms with van der Waals surface area (Å²) in [6.07, 6.45) is 0.315. The Labute approximate surface area is 171 Å². The Morgan fingerprint density at radius 2 is 1.32 bits per heavy atom. The van der Waals surface area contributed by atoms with Gasteiger partial charge in [-0.1, -0.05) is 28.1 Å². The second kappa shape index (κ2) is 9.10. The van der Waals surface area contributed by atoms with Crippen LogP contribution in [0.3, 0.4) is 0 Å². The molecule has 2 amide bonds. The van der Waals surface area contributed by atoms with Crippen molar-refractivity contribution in [1.29, 1.82) is 0 Å². The zero-order valence-electron chi connectivity index (χ0n) is 15.2. The summed E-state index contributed by atoms with van der Waals surface area (Å²) in [7, 11) is 0. The maximum Gasteiger partial charge on any atom is 0.253 e. The van der Waals surface area contributed by atoms with Crippen molar-refractivity contribution < 1.29 is 18.8 Å². The van der Waals surface area contributed by atoms with Crippen LogP contribution in [-0.4, -0.2) is 53.6 Å². The van der Waals surface area contributed by atoms with Crippen molar-refractivity contribution in [2.45, 2.75) is 12.8 Å². The summed E-state index contributed by atoms with van der Waals surface area (Å²) in [5, 5.41) is 0. The quantitative estimate of drug-likeness (QED) is 0.659. The van der Waals surface area contributed by atoms with E-state index in [0.717, 1.165) is 4.47 Å². The van der Waals surface area contributed by atoms with Crippen LogP contribution in [0.2, 0.25) is 0 Å². The first-order valence-electron chi connectivity index (χ1n) is 9.05. The number of amides is 2. The molecular weight excluding hydrogens is 427 g/mol. The molecule has 0 aromatic heterocycles. The molecule has 0 unspecified atom stereocenters. The van der Waals surface area contributed by atoms with Crippen LogP contribution in [0.15, 0.2) is 53.0 Å². The Hall–Kier alpha value is -2.54. The number of benzene rings is 2. The SMILES string of the molecule is O=C(CCC(=O)N1CCN(C(=O)c2ccc(F)cc2)CC1)c1ccc(Br)cc1. The van der Waals surface area contributed by atoms with Crippen molar-refractivity contribution in [3.8, 4) is 0 Å². The summed E-state index contributed by atoms with van der Waals surface area (Å²) in [6.45, 7) is 1.70. The molecule has 28 heavy (non-hydrogen) atoms. The molecule has 3 rings (SSSR count). The lowest BCUT2D eigenvalue weighted by molar-refractivity contribution is -0.132. The monoisotopic (exact) mass is 446 g/mol. The van der Waals surface area contributed by atoms with E-state index in [1.54, 1.807) is 34.1 Å². The topological polar surface area (TPSA) is 57.7 Å². The minimum Gasteiger partial charge on any atom is -0.339 e. The van der Waals surface area contributed by atoms with Crippen molar-refractivity contribution in [2.75, 3.05) is 26.2 Å². The number of piperazine rings is 1. The third kappa shape index (κ3) is 5.04. The number of halogens is 2. The lowest BCUT2D eigenvalue weighted by Gasteiger charge is -2.34. The zero-order valence-corrected chi connectivity index (χ0v) is 16.8. The van der Waals surface area contributed by atoms with E-state index in [9.17, 15) is 18.8 Å². The second-order valence-electron chi connectivity index (χ2n) is 6.61. The average Bonchev–Trinajstić information content (AvgIpc) is 2.72. The van der Waals surface area contributed by atoms with Crippen LogP contribution in [0.25, 0.3) is 0 Å². The fraction of sp³-hybridized carbons (Fsp3) is 0.286. The van der Waals surface area contributed by atoms with Gasteiger partial charge in [0.25, 0.3) is 5.91 Å². The van der Waals surface area contributed by atoms with E-state index < -0.39 is 0 Å². The Bertz CT molecular complexity index is 860. The van der Waals surface area contributed by atoms with Gasteiger partial charge < -0.3 is 9.80 Å². The smallest absolute Gasteiger partial charge is 0.253 e. The molecule has 0 atom stereocenters. The van der Waals surface area contributed by atoms with Crippen molar-refractivity contribution in [3.63, 3.8) is 0 Å². The Morgan fingerprint density at radius 3 is 1.93 bits per heavy atom. The molecule has 0 spiro atoms. The van der Waals surface area contributed by atoms with Gasteiger partial charge in [0.15, 0.2) is 5.78 Å². The molecule has 0 saturated carbocycles. The van der Waals surface area contributed by atoms with Crippen molar-refractivity contribution >= 4 is 33.5 Å². The first-order valence-corrected chi connectivity index (χ1v) is 9.85. The van der Waals surface area contributed by atoms with E-state index in [4.69, 9.17) is 0 Å². The van der Waals surface area contributed by atoms with Crippen LogP contribution < -0.4 is 0 Å². The van der Waals surface area contributed by atoms with Crippen LogP contribution in [0, 0.1) is 5.82 Å². The highest BCUT2D eigenvalue weighted by Crippen LogP contribution is 2.14. The molecule has 0 N–H and O–H groups in total. The maximum absolute atomic E-state index is 13.0. The van der Waals surface area contributed by atoms with E-state index in [1.165, 1.54) is 24.3 Å². The van der Waals surface area contributed by atoms with E-state index in [-0.39, 0.29) is 36.3 Å². The maximum atomic E-state index is 13.0. The molecule has 0 aliphatic carbocycles. The third-order valence-corrected chi connectivity index (χ3v) is 5.27. The highest BCUT2D eigenvalue weighted by atomic mass is 79.9. The van der Waals surface area contributed by atoms with Gasteiger partial charge in [-0.3, -0.25) is 14.4 Å². The molecule has 1 heterocycles. The minimum atomic E-state index is -0.385. The van der Waals surface area contributed by atoms with Gasteiger partial charge >= 0.3 is 0 Å². The Balaban J connectivity index is 1.47. The number of rotatable bonds is 5. The van der Waals surface area contributed by atoms with Gasteiger partial charge in [0.05, 0.1) is 0 Å². The molecule has 2 aromatic rings. The van der Waals surface area contributed by atoms with Crippen molar-refractivity contribution in [1.82, 2.24) is 9.80 Å². The van der Waals surface area contributed by atoms with Crippen LogP contribution >= 0.6 is 15.9 Å². The first kappa shape index (κ1) is 20.2. The molecule has 5 nitrogen and oxygen atoms in total. The minimum absolute atomic E-state index is 0.0639. The van der Waals surface area contributed by atoms with Crippen LogP contribution in [-0.2, 0) is 4.79 Å². The number of Topliss-reactive ketones (excluding diaryl/α,β-unsaturated/α-hetero) is 1. The first-order chi connectivity index (χ1) is 13.4. The number of hydrogen-bond donors (Lipinski definition) is 0. The van der Waals surface area contributed by atoms with Gasteiger partial charge in [0.1, 0.15) is 5.82 Å². The van der Waals surface area contributed by atoms with Crippen molar-refractivity contribution in [3.05, 3.63) is 69.9 Å². The number of carbonyl (C=O) groups is 3. The van der Waals surface area contributed by atoms with Gasteiger partial charge in [0, 0.05) is 54.6 Å². The van der Waals surface area contributed by atoms with E-state index >= 15 is 0 Å². The van der Waals surface area contributed by atoms with E-state index in [1.807, 2.05) is 0 Å². The highest BCUT2D eigenvalue weighted by Gasteiger charge is 2.25. The molecule has 1 aliphatic rings. The van der Waals surface area contributed by atoms with Crippen LogP contribution in [0.5, 0.6) is 0 Å². The van der Waals surface area contributed by atoms with Crippen LogP contribution in [0.1, 0.15) is 33.6 Å². The molecule has 1 saturated heterocycles. The average molecular weight is 447 g/mol. The second-order valence-corrected chi connectivity index (χ2v) is 7.53. The summed E-state index contributed by atoms with van der Waals surface area (Å²) in [6, 6.07) is 12.5. The van der Waals surface area contributed by atoms with Gasteiger partial charge in [0.2, 0.25) is 5.91 Å².